The van der Waals surface area contributed by atoms with Crippen molar-refractivity contribution in [3.05, 3.63) is 29.8 Å². The molecule has 1 aromatic carbocycles. The summed E-state index contributed by atoms with van der Waals surface area (Å²) in [6.07, 6.45) is 6.03. The Morgan fingerprint density at radius 3 is 2.92 bits per heavy atom. The third kappa shape index (κ3) is 5.27. The summed E-state index contributed by atoms with van der Waals surface area (Å²) in [6.45, 7) is 4.41. The second kappa shape index (κ2) is 9.32. The highest BCUT2D eigenvalue weighted by Crippen LogP contribution is 2.33. The number of anilines is 1. The number of nitrogens with one attached hydrogen (secondary N) is 2. The summed E-state index contributed by atoms with van der Waals surface area (Å²) >= 11 is 0. The van der Waals surface area contributed by atoms with Gasteiger partial charge < -0.3 is 20.1 Å². The molecule has 0 radical (unpaired) electrons. The van der Waals surface area contributed by atoms with Crippen molar-refractivity contribution >= 4 is 11.6 Å². The molecule has 1 aliphatic heterocycles. The number of hydrogen-bond donors (Lipinski definition) is 2. The normalized spacial score (nSPS) is 25.6. The molecule has 2 fully saturated rings. The largest absolute Gasteiger partial charge is 0.379 e. The van der Waals surface area contributed by atoms with Gasteiger partial charge in [-0.1, -0.05) is 25.0 Å². The quantitative estimate of drug-likeness (QED) is 0.710. The monoisotopic (exact) mass is 346 g/mol. The predicted octanol–water partition coefficient (Wildman–Crippen LogP) is 3.10. The van der Waals surface area contributed by atoms with Crippen molar-refractivity contribution in [2.75, 3.05) is 25.1 Å². The summed E-state index contributed by atoms with van der Waals surface area (Å²) in [5.74, 6) is 0.762. The molecule has 2 N–H and O–H groups in total. The highest BCUT2D eigenvalue weighted by atomic mass is 16.5. The van der Waals surface area contributed by atoms with Crippen molar-refractivity contribution < 1.29 is 14.3 Å². The van der Waals surface area contributed by atoms with Crippen LogP contribution in [0.3, 0.4) is 0 Å². The van der Waals surface area contributed by atoms with Gasteiger partial charge in [-0.15, -0.1) is 0 Å². The summed E-state index contributed by atoms with van der Waals surface area (Å²) in [6, 6.07) is 8.37. The molecule has 1 aromatic rings. The molecule has 138 valence electrons. The Morgan fingerprint density at radius 2 is 2.08 bits per heavy atom. The molecule has 5 nitrogen and oxygen atoms in total. The van der Waals surface area contributed by atoms with Gasteiger partial charge in [0.1, 0.15) is 0 Å². The van der Waals surface area contributed by atoms with Crippen molar-refractivity contribution in [3.8, 4) is 0 Å². The number of rotatable bonds is 8. The lowest BCUT2D eigenvalue weighted by Gasteiger charge is -2.24. The van der Waals surface area contributed by atoms with Gasteiger partial charge in [-0.3, -0.25) is 4.79 Å². The van der Waals surface area contributed by atoms with Crippen LogP contribution < -0.4 is 10.6 Å². The first-order valence-corrected chi connectivity index (χ1v) is 9.57. The fraction of sp³-hybridized carbons (Fsp3) is 0.650. The van der Waals surface area contributed by atoms with Crippen LogP contribution in [-0.4, -0.2) is 37.8 Å². The third-order valence-electron chi connectivity index (χ3n) is 5.22. The van der Waals surface area contributed by atoms with Gasteiger partial charge in [-0.05, 0) is 49.8 Å². The Morgan fingerprint density at radius 1 is 1.24 bits per heavy atom. The zero-order valence-corrected chi connectivity index (χ0v) is 15.1. The highest BCUT2D eigenvalue weighted by molar-refractivity contribution is 5.95. The summed E-state index contributed by atoms with van der Waals surface area (Å²) in [4.78, 5) is 12.6. The van der Waals surface area contributed by atoms with Gasteiger partial charge in [0.05, 0.1) is 25.9 Å². The molecular weight excluding hydrogens is 316 g/mol. The van der Waals surface area contributed by atoms with E-state index in [1.165, 1.54) is 25.7 Å². The lowest BCUT2D eigenvalue weighted by molar-refractivity contribution is -0.117. The van der Waals surface area contributed by atoms with Crippen LogP contribution in [0.1, 0.15) is 44.6 Å². The molecule has 0 bridgehead atoms. The van der Waals surface area contributed by atoms with Gasteiger partial charge in [-0.25, -0.2) is 0 Å². The minimum atomic E-state index is -0.0563. The third-order valence-corrected chi connectivity index (χ3v) is 5.22. The van der Waals surface area contributed by atoms with Crippen molar-refractivity contribution in [3.63, 3.8) is 0 Å². The number of benzene rings is 1. The Balaban J connectivity index is 1.47. The van der Waals surface area contributed by atoms with Gasteiger partial charge in [-0.2, -0.15) is 0 Å². The number of hydrogen-bond acceptors (Lipinski definition) is 4. The zero-order chi connectivity index (χ0) is 17.5. The number of carbonyl (C=O) groups excluding carboxylic acids is 1. The fourth-order valence-corrected chi connectivity index (χ4v) is 3.94. The smallest absolute Gasteiger partial charge is 0.241 e. The maximum absolute atomic E-state index is 12.6. The summed E-state index contributed by atoms with van der Waals surface area (Å²) in [7, 11) is 0. The molecule has 3 atom stereocenters. The van der Waals surface area contributed by atoms with Crippen LogP contribution in [0.25, 0.3) is 0 Å². The lowest BCUT2D eigenvalue weighted by Crippen LogP contribution is -2.39. The standard InChI is InChI=1S/C20H30N2O3/c1-2-24-10-11-25-14-15-6-5-8-17(12-15)21-20(23)19-13-16-7-3-4-9-18(16)22-19/h5-6,8,12,16,18-19,22H,2-4,7,9-11,13-14H2,1H3,(H,21,23)/t16-,18-,19+/m1/s1. The SMILES string of the molecule is CCOCCOCc1cccc(NC(=O)[C@@H]2C[C@H]3CCCC[C@H]3N2)c1. The average molecular weight is 346 g/mol. The highest BCUT2D eigenvalue weighted by Gasteiger charge is 2.38. The van der Waals surface area contributed by atoms with Gasteiger partial charge in [0.25, 0.3) is 0 Å². The number of amides is 1. The molecular formula is C20H30N2O3. The summed E-state index contributed by atoms with van der Waals surface area (Å²) < 4.78 is 10.9. The minimum Gasteiger partial charge on any atom is -0.379 e. The van der Waals surface area contributed by atoms with E-state index in [1.807, 2.05) is 31.2 Å². The molecule has 1 aliphatic carbocycles. The molecule has 2 aliphatic rings. The lowest BCUT2D eigenvalue weighted by atomic mass is 9.85. The Labute approximate surface area is 150 Å². The van der Waals surface area contributed by atoms with Crippen molar-refractivity contribution in [2.24, 2.45) is 5.92 Å². The molecule has 0 spiro atoms. The molecule has 0 unspecified atom stereocenters. The van der Waals surface area contributed by atoms with E-state index in [0.717, 1.165) is 17.7 Å². The van der Waals surface area contributed by atoms with Gasteiger partial charge >= 0.3 is 0 Å². The van der Waals surface area contributed by atoms with E-state index in [9.17, 15) is 4.79 Å². The number of carbonyl (C=O) groups is 1. The summed E-state index contributed by atoms with van der Waals surface area (Å²) in [5, 5.41) is 6.59. The van der Waals surface area contributed by atoms with E-state index in [-0.39, 0.29) is 11.9 Å². The number of ether oxygens (including phenoxy) is 2. The molecule has 1 saturated heterocycles. The van der Waals surface area contributed by atoms with Crippen molar-refractivity contribution in [1.29, 1.82) is 0 Å². The topological polar surface area (TPSA) is 59.6 Å². The molecule has 25 heavy (non-hydrogen) atoms. The van der Waals surface area contributed by atoms with Crippen LogP contribution in [0.2, 0.25) is 0 Å². The zero-order valence-electron chi connectivity index (χ0n) is 15.1. The van der Waals surface area contributed by atoms with E-state index in [1.54, 1.807) is 0 Å². The molecule has 5 heteroatoms. The van der Waals surface area contributed by atoms with Crippen LogP contribution in [0.15, 0.2) is 24.3 Å². The predicted molar refractivity (Wildman–Crippen MR) is 98.5 cm³/mol. The van der Waals surface area contributed by atoms with Crippen LogP contribution >= 0.6 is 0 Å². The van der Waals surface area contributed by atoms with Gasteiger partial charge in [0.15, 0.2) is 0 Å². The van der Waals surface area contributed by atoms with Crippen molar-refractivity contribution in [2.45, 2.75) is 57.7 Å². The van der Waals surface area contributed by atoms with E-state index in [0.29, 0.717) is 38.4 Å². The first kappa shape index (κ1) is 18.4. The maximum Gasteiger partial charge on any atom is 0.241 e. The van der Waals surface area contributed by atoms with Crippen LogP contribution in [0.5, 0.6) is 0 Å². The van der Waals surface area contributed by atoms with Crippen LogP contribution in [0, 0.1) is 5.92 Å². The summed E-state index contributed by atoms with van der Waals surface area (Å²) in [5.41, 5.74) is 1.90. The Hall–Kier alpha value is -1.43. The Kier molecular flexibility index (Phi) is 6.84. The molecule has 1 heterocycles. The molecule has 0 aromatic heterocycles. The second-order valence-corrected chi connectivity index (χ2v) is 7.05. The minimum absolute atomic E-state index is 0.0563. The van der Waals surface area contributed by atoms with Crippen molar-refractivity contribution in [1.82, 2.24) is 5.32 Å². The molecule has 3 rings (SSSR count). The van der Waals surface area contributed by atoms with Crippen LogP contribution in [-0.2, 0) is 20.9 Å². The fourth-order valence-electron chi connectivity index (χ4n) is 3.94. The average Bonchev–Trinajstić information content (AvgIpc) is 3.06. The van der Waals surface area contributed by atoms with E-state index < -0.39 is 0 Å². The van der Waals surface area contributed by atoms with E-state index >= 15 is 0 Å². The van der Waals surface area contributed by atoms with Gasteiger partial charge in [0.2, 0.25) is 5.91 Å². The first-order chi connectivity index (χ1) is 12.3. The van der Waals surface area contributed by atoms with Gasteiger partial charge in [0, 0.05) is 18.3 Å². The van der Waals surface area contributed by atoms with E-state index in [4.69, 9.17) is 9.47 Å². The number of fused-ring (bicyclic) bond motifs is 1. The molecule has 1 amide bonds. The Bertz CT molecular complexity index is 550. The molecule has 1 saturated carbocycles. The second-order valence-electron chi connectivity index (χ2n) is 7.05. The van der Waals surface area contributed by atoms with E-state index in [2.05, 4.69) is 10.6 Å². The van der Waals surface area contributed by atoms with Crippen LogP contribution in [0.4, 0.5) is 5.69 Å². The first-order valence-electron chi connectivity index (χ1n) is 9.57. The maximum atomic E-state index is 12.6.